The highest BCUT2D eigenvalue weighted by atomic mass is 19.4. The van der Waals surface area contributed by atoms with E-state index in [4.69, 9.17) is 4.74 Å². The zero-order valence-corrected chi connectivity index (χ0v) is 10.6. The van der Waals surface area contributed by atoms with Crippen LogP contribution in [-0.2, 0) is 21.1 Å². The van der Waals surface area contributed by atoms with Crippen molar-refractivity contribution in [3.8, 4) is 0 Å². The lowest BCUT2D eigenvalue weighted by molar-refractivity contribution is -0.145. The molecule has 0 aliphatic heterocycles. The summed E-state index contributed by atoms with van der Waals surface area (Å²) in [4.78, 5) is 15.0. The van der Waals surface area contributed by atoms with E-state index >= 15 is 0 Å². The topological polar surface area (TPSA) is 39.2 Å². The lowest BCUT2D eigenvalue weighted by Crippen LogP contribution is -2.15. The predicted octanol–water partition coefficient (Wildman–Crippen LogP) is 2.94. The first kappa shape index (κ1) is 13.8. The monoisotopic (exact) mass is 273 g/mol. The number of hydrogen-bond donors (Lipinski definition) is 0. The highest BCUT2D eigenvalue weighted by molar-refractivity contribution is 5.78. The third-order valence-corrected chi connectivity index (χ3v) is 3.52. The van der Waals surface area contributed by atoms with Gasteiger partial charge in [-0.2, -0.15) is 13.2 Å². The van der Waals surface area contributed by atoms with Crippen molar-refractivity contribution in [3.63, 3.8) is 0 Å². The average molecular weight is 273 g/mol. The minimum absolute atomic E-state index is 0.286. The Kier molecular flexibility index (Phi) is 3.28. The normalized spacial score (nSPS) is 26.1. The molecule has 104 valence electrons. The third-order valence-electron chi connectivity index (χ3n) is 3.52. The molecule has 0 bridgehead atoms. The molecular weight excluding hydrogens is 259 g/mol. The van der Waals surface area contributed by atoms with Gasteiger partial charge in [-0.25, -0.2) is 0 Å². The molecule has 0 N–H and O–H groups in total. The van der Waals surface area contributed by atoms with E-state index in [0.717, 1.165) is 6.07 Å². The van der Waals surface area contributed by atoms with Crippen molar-refractivity contribution < 1.29 is 22.7 Å². The molecule has 1 heterocycles. The minimum atomic E-state index is -4.44. The first-order valence-electron chi connectivity index (χ1n) is 5.99. The number of pyridine rings is 1. The number of rotatable bonds is 3. The van der Waals surface area contributed by atoms with Gasteiger partial charge in [-0.1, -0.05) is 13.0 Å². The molecule has 1 aromatic rings. The summed E-state index contributed by atoms with van der Waals surface area (Å²) in [6.45, 7) is 3.85. The van der Waals surface area contributed by atoms with Crippen LogP contribution in [0.3, 0.4) is 0 Å². The van der Waals surface area contributed by atoms with Crippen molar-refractivity contribution in [1.82, 2.24) is 4.98 Å². The van der Waals surface area contributed by atoms with Gasteiger partial charge in [-0.05, 0) is 25.0 Å². The fraction of sp³-hybridized carbons (Fsp3) is 0.538. The molecule has 0 unspecified atom stereocenters. The molecular formula is C13H14F3NO2. The summed E-state index contributed by atoms with van der Waals surface area (Å²) in [5.41, 5.74) is -0.740. The first-order valence-corrected chi connectivity index (χ1v) is 5.99. The van der Waals surface area contributed by atoms with Crippen LogP contribution in [0.1, 0.15) is 31.5 Å². The van der Waals surface area contributed by atoms with E-state index in [-0.39, 0.29) is 11.9 Å². The number of halogens is 3. The molecule has 1 aliphatic carbocycles. The second-order valence-corrected chi connectivity index (χ2v) is 4.86. The number of nitrogens with zero attached hydrogens (tertiary/aromatic N) is 1. The van der Waals surface area contributed by atoms with Crippen molar-refractivity contribution in [2.45, 2.75) is 31.9 Å². The summed E-state index contributed by atoms with van der Waals surface area (Å²) in [5, 5.41) is 0. The molecule has 2 atom stereocenters. The Hall–Kier alpha value is -1.59. The van der Waals surface area contributed by atoms with Crippen LogP contribution in [0.2, 0.25) is 0 Å². The highest BCUT2D eigenvalue weighted by Gasteiger charge is 2.56. The van der Waals surface area contributed by atoms with Gasteiger partial charge in [0.05, 0.1) is 12.5 Å². The van der Waals surface area contributed by atoms with Crippen LogP contribution in [0.5, 0.6) is 0 Å². The molecule has 1 aromatic heterocycles. The summed E-state index contributed by atoms with van der Waals surface area (Å²) < 4.78 is 42.1. The van der Waals surface area contributed by atoms with E-state index in [0.29, 0.717) is 18.6 Å². The molecule has 1 aliphatic rings. The summed E-state index contributed by atoms with van der Waals surface area (Å²) >= 11 is 0. The van der Waals surface area contributed by atoms with Gasteiger partial charge in [0, 0.05) is 11.6 Å². The number of aromatic nitrogens is 1. The van der Waals surface area contributed by atoms with Crippen LogP contribution in [0, 0.1) is 5.92 Å². The smallest absolute Gasteiger partial charge is 0.433 e. The molecule has 0 radical (unpaired) electrons. The molecule has 0 aromatic carbocycles. The van der Waals surface area contributed by atoms with Gasteiger partial charge in [-0.15, -0.1) is 0 Å². The van der Waals surface area contributed by atoms with Gasteiger partial charge >= 0.3 is 12.1 Å². The van der Waals surface area contributed by atoms with Crippen molar-refractivity contribution >= 4 is 5.97 Å². The molecule has 2 rings (SSSR count). The summed E-state index contributed by atoms with van der Waals surface area (Å²) in [5.74, 6) is -0.587. The average Bonchev–Trinajstić information content (AvgIpc) is 3.03. The number of carbonyl (C=O) groups excluding carboxylic acids is 1. The molecule has 0 saturated heterocycles. The predicted molar refractivity (Wildman–Crippen MR) is 61.3 cm³/mol. The van der Waals surface area contributed by atoms with E-state index in [2.05, 4.69) is 4.98 Å². The van der Waals surface area contributed by atoms with Gasteiger partial charge < -0.3 is 4.74 Å². The van der Waals surface area contributed by atoms with Crippen LogP contribution in [-0.4, -0.2) is 17.6 Å². The molecule has 1 fully saturated rings. The second-order valence-electron chi connectivity index (χ2n) is 4.86. The summed E-state index contributed by atoms with van der Waals surface area (Å²) in [6.07, 6.45) is -2.66. The molecule has 0 spiro atoms. The maximum absolute atomic E-state index is 12.4. The molecule has 1 saturated carbocycles. The number of hydrogen-bond acceptors (Lipinski definition) is 3. The number of ether oxygens (including phenoxy) is 1. The maximum Gasteiger partial charge on any atom is 0.433 e. The number of carbonyl (C=O) groups is 1. The Balaban J connectivity index is 2.14. The Morgan fingerprint density at radius 2 is 2.21 bits per heavy atom. The Bertz CT molecular complexity index is 484. The lowest BCUT2D eigenvalue weighted by Gasteiger charge is -2.12. The van der Waals surface area contributed by atoms with Gasteiger partial charge in [0.25, 0.3) is 0 Å². The number of esters is 1. The SMILES string of the molecule is CCOC(=O)[C@H]1C[C@]1(C)c1ccc(C(F)(F)F)nc1. The summed E-state index contributed by atoms with van der Waals surface area (Å²) in [6, 6.07) is 2.33. The van der Waals surface area contributed by atoms with Crippen molar-refractivity contribution in [3.05, 3.63) is 29.6 Å². The minimum Gasteiger partial charge on any atom is -0.466 e. The standard InChI is InChI=1S/C13H14F3NO2/c1-3-19-11(18)9-6-12(9,2)8-4-5-10(17-7-8)13(14,15)16/h4-5,7,9H,3,6H2,1-2H3/t9-,12-/m1/s1. The van der Waals surface area contributed by atoms with Gasteiger partial charge in [0.1, 0.15) is 5.69 Å². The Morgan fingerprint density at radius 1 is 1.53 bits per heavy atom. The first-order chi connectivity index (χ1) is 8.79. The summed E-state index contributed by atoms with van der Waals surface area (Å²) in [7, 11) is 0. The van der Waals surface area contributed by atoms with Crippen LogP contribution in [0.4, 0.5) is 13.2 Å². The Morgan fingerprint density at radius 3 is 2.68 bits per heavy atom. The van der Waals surface area contributed by atoms with Crippen LogP contribution < -0.4 is 0 Å². The fourth-order valence-electron chi connectivity index (χ4n) is 2.17. The molecule has 6 heteroatoms. The van der Waals surface area contributed by atoms with E-state index < -0.39 is 17.3 Å². The Labute approximate surface area is 108 Å². The van der Waals surface area contributed by atoms with Crippen LogP contribution in [0.25, 0.3) is 0 Å². The molecule has 3 nitrogen and oxygen atoms in total. The van der Waals surface area contributed by atoms with E-state index in [1.54, 1.807) is 6.92 Å². The van der Waals surface area contributed by atoms with Crippen molar-refractivity contribution in [2.24, 2.45) is 5.92 Å². The van der Waals surface area contributed by atoms with Gasteiger partial charge in [0.2, 0.25) is 0 Å². The fourth-order valence-corrected chi connectivity index (χ4v) is 2.17. The van der Waals surface area contributed by atoms with Crippen molar-refractivity contribution in [2.75, 3.05) is 6.61 Å². The maximum atomic E-state index is 12.4. The third kappa shape index (κ3) is 2.57. The zero-order valence-electron chi connectivity index (χ0n) is 10.6. The zero-order chi connectivity index (χ0) is 14.3. The van der Waals surface area contributed by atoms with Crippen LogP contribution >= 0.6 is 0 Å². The second kappa shape index (κ2) is 4.51. The quantitative estimate of drug-likeness (QED) is 0.795. The van der Waals surface area contributed by atoms with Gasteiger partial charge in [-0.3, -0.25) is 9.78 Å². The lowest BCUT2D eigenvalue weighted by atomic mass is 9.97. The highest BCUT2D eigenvalue weighted by Crippen LogP contribution is 2.54. The van der Waals surface area contributed by atoms with E-state index in [1.165, 1.54) is 12.3 Å². The number of alkyl halides is 3. The van der Waals surface area contributed by atoms with Crippen LogP contribution in [0.15, 0.2) is 18.3 Å². The molecule has 0 amide bonds. The van der Waals surface area contributed by atoms with E-state index in [1.807, 2.05) is 6.92 Å². The van der Waals surface area contributed by atoms with E-state index in [9.17, 15) is 18.0 Å². The largest absolute Gasteiger partial charge is 0.466 e. The molecule has 19 heavy (non-hydrogen) atoms. The van der Waals surface area contributed by atoms with Gasteiger partial charge in [0.15, 0.2) is 0 Å². The van der Waals surface area contributed by atoms with Crippen molar-refractivity contribution in [1.29, 1.82) is 0 Å².